The molecule has 12 aromatic rings. The van der Waals surface area contributed by atoms with Crippen LogP contribution in [-0.2, 0) is 0 Å². The SMILES string of the molecule is c1ccc(-c2ccc(-c3nc(-c4ccccc4)nc(-n4c5ccccc5c5cc6c7ccccc7n(-c7ccc8sc9ccccc9c8c7)c6cc54)n3)cc2)cc1. The van der Waals surface area contributed by atoms with Gasteiger partial charge in [-0.25, -0.2) is 4.98 Å². The van der Waals surface area contributed by atoms with Crippen molar-refractivity contribution in [3.05, 3.63) is 188 Å². The third-order valence-corrected chi connectivity index (χ3v) is 12.3. The summed E-state index contributed by atoms with van der Waals surface area (Å²) in [6.07, 6.45) is 0. The Hall–Kier alpha value is -7.41. The Morgan fingerprint density at radius 3 is 1.53 bits per heavy atom. The van der Waals surface area contributed by atoms with Gasteiger partial charge in [0.25, 0.3) is 0 Å². The summed E-state index contributed by atoms with van der Waals surface area (Å²) < 4.78 is 7.23. The van der Waals surface area contributed by atoms with E-state index in [1.165, 1.54) is 42.0 Å². The first-order chi connectivity index (χ1) is 28.2. The van der Waals surface area contributed by atoms with Crippen molar-refractivity contribution in [1.82, 2.24) is 24.1 Å². The highest BCUT2D eigenvalue weighted by molar-refractivity contribution is 7.25. The van der Waals surface area contributed by atoms with E-state index in [1.807, 2.05) is 35.6 Å². The van der Waals surface area contributed by atoms with E-state index in [1.54, 1.807) is 0 Å². The fraction of sp³-hybridized carbons (Fsp3) is 0. The van der Waals surface area contributed by atoms with Gasteiger partial charge in [-0.3, -0.25) is 4.57 Å². The lowest BCUT2D eigenvalue weighted by Crippen LogP contribution is -2.06. The van der Waals surface area contributed by atoms with Gasteiger partial charge < -0.3 is 4.57 Å². The third kappa shape index (κ3) is 5.04. The quantitative estimate of drug-likeness (QED) is 0.176. The maximum absolute atomic E-state index is 5.27. The molecule has 4 heterocycles. The monoisotopic (exact) mass is 745 g/mol. The molecule has 0 amide bonds. The van der Waals surface area contributed by atoms with E-state index >= 15 is 0 Å². The van der Waals surface area contributed by atoms with Crippen molar-refractivity contribution in [1.29, 1.82) is 0 Å². The van der Waals surface area contributed by atoms with E-state index in [-0.39, 0.29) is 0 Å². The van der Waals surface area contributed by atoms with Crippen LogP contribution in [0.15, 0.2) is 188 Å². The highest BCUT2D eigenvalue weighted by atomic mass is 32.1. The summed E-state index contributed by atoms with van der Waals surface area (Å²) >= 11 is 1.85. The summed E-state index contributed by atoms with van der Waals surface area (Å²) in [6, 6.07) is 66.7. The van der Waals surface area contributed by atoms with Crippen molar-refractivity contribution in [2.75, 3.05) is 0 Å². The number of benzene rings is 8. The number of fused-ring (bicyclic) bond motifs is 9. The zero-order valence-corrected chi connectivity index (χ0v) is 31.4. The first-order valence-corrected chi connectivity index (χ1v) is 19.9. The molecule has 0 saturated heterocycles. The van der Waals surface area contributed by atoms with Crippen LogP contribution in [0.5, 0.6) is 0 Å². The number of hydrogen-bond donors (Lipinski definition) is 0. The Morgan fingerprint density at radius 2 is 0.825 bits per heavy atom. The summed E-state index contributed by atoms with van der Waals surface area (Å²) in [5.74, 6) is 1.82. The summed E-state index contributed by atoms with van der Waals surface area (Å²) in [6.45, 7) is 0. The Bertz CT molecular complexity index is 3510. The molecular formula is C51H31N5S. The predicted octanol–water partition coefficient (Wildman–Crippen LogP) is 13.4. The molecule has 0 saturated carbocycles. The fourth-order valence-corrected chi connectivity index (χ4v) is 9.62. The molecular weight excluding hydrogens is 715 g/mol. The van der Waals surface area contributed by atoms with Crippen LogP contribution >= 0.6 is 11.3 Å². The maximum atomic E-state index is 5.27. The smallest absolute Gasteiger partial charge is 0.238 e. The molecule has 0 radical (unpaired) electrons. The topological polar surface area (TPSA) is 48.5 Å². The summed E-state index contributed by atoms with van der Waals surface area (Å²) in [5.41, 5.74) is 9.67. The van der Waals surface area contributed by atoms with Gasteiger partial charge in [-0.1, -0.05) is 140 Å². The molecule has 0 aliphatic rings. The van der Waals surface area contributed by atoms with Crippen LogP contribution in [0, 0.1) is 0 Å². The van der Waals surface area contributed by atoms with Crippen LogP contribution in [0.1, 0.15) is 0 Å². The van der Waals surface area contributed by atoms with Crippen LogP contribution in [0.2, 0.25) is 0 Å². The predicted molar refractivity (Wildman–Crippen MR) is 238 cm³/mol. The molecule has 12 rings (SSSR count). The molecule has 266 valence electrons. The lowest BCUT2D eigenvalue weighted by atomic mass is 10.0. The molecule has 0 unspecified atom stereocenters. The van der Waals surface area contributed by atoms with Gasteiger partial charge in [0.15, 0.2) is 11.6 Å². The fourth-order valence-electron chi connectivity index (χ4n) is 8.53. The Balaban J connectivity index is 1.12. The van der Waals surface area contributed by atoms with Crippen LogP contribution < -0.4 is 0 Å². The highest BCUT2D eigenvalue weighted by Crippen LogP contribution is 2.41. The normalized spacial score (nSPS) is 11.9. The van der Waals surface area contributed by atoms with Gasteiger partial charge in [0, 0.05) is 58.5 Å². The second-order valence-electron chi connectivity index (χ2n) is 14.5. The molecule has 0 atom stereocenters. The standard InChI is InChI=1S/C51H31N5S/c1-3-13-32(14-4-1)33-23-25-35(26-24-33)50-52-49(34-15-5-2-6-16-34)53-51(54-50)56-44-21-11-8-18-38(44)41-30-40-37-17-7-10-20-43(37)55(45(40)31-46(41)56)36-27-28-48-42(29-36)39-19-9-12-22-47(39)57-48/h1-31H. The average molecular weight is 746 g/mol. The molecule has 0 fully saturated rings. The molecule has 57 heavy (non-hydrogen) atoms. The number of nitrogens with zero attached hydrogens (tertiary/aromatic N) is 5. The van der Waals surface area contributed by atoms with Gasteiger partial charge >= 0.3 is 0 Å². The van der Waals surface area contributed by atoms with Crippen molar-refractivity contribution in [3.63, 3.8) is 0 Å². The molecule has 5 nitrogen and oxygen atoms in total. The number of thiophene rings is 1. The molecule has 0 spiro atoms. The largest absolute Gasteiger partial charge is 0.309 e. The Labute approximate surface area is 331 Å². The maximum Gasteiger partial charge on any atom is 0.238 e. The number of hydrogen-bond acceptors (Lipinski definition) is 4. The van der Waals surface area contributed by atoms with Crippen LogP contribution in [0.3, 0.4) is 0 Å². The van der Waals surface area contributed by atoms with Gasteiger partial charge in [0.05, 0.1) is 22.1 Å². The molecule has 4 aromatic heterocycles. The highest BCUT2D eigenvalue weighted by Gasteiger charge is 2.21. The first-order valence-electron chi connectivity index (χ1n) is 19.1. The van der Waals surface area contributed by atoms with Gasteiger partial charge in [0.1, 0.15) is 0 Å². The number of rotatable bonds is 5. The molecule has 0 bridgehead atoms. The van der Waals surface area contributed by atoms with Crippen molar-refractivity contribution < 1.29 is 0 Å². The van der Waals surface area contributed by atoms with Crippen molar-refractivity contribution in [2.45, 2.75) is 0 Å². The van der Waals surface area contributed by atoms with E-state index in [2.05, 4.69) is 173 Å². The minimum atomic E-state index is 0.574. The van der Waals surface area contributed by atoms with E-state index in [0.717, 1.165) is 49.7 Å². The number of aromatic nitrogens is 5. The van der Waals surface area contributed by atoms with E-state index in [0.29, 0.717) is 17.6 Å². The lowest BCUT2D eigenvalue weighted by Gasteiger charge is -2.12. The van der Waals surface area contributed by atoms with Crippen LogP contribution in [-0.4, -0.2) is 24.1 Å². The van der Waals surface area contributed by atoms with E-state index in [4.69, 9.17) is 15.0 Å². The zero-order valence-electron chi connectivity index (χ0n) is 30.5. The minimum Gasteiger partial charge on any atom is -0.309 e. The van der Waals surface area contributed by atoms with Crippen molar-refractivity contribution in [2.24, 2.45) is 0 Å². The lowest BCUT2D eigenvalue weighted by molar-refractivity contribution is 0.953. The second kappa shape index (κ2) is 12.6. The number of para-hydroxylation sites is 2. The van der Waals surface area contributed by atoms with Gasteiger partial charge in [-0.2, -0.15) is 9.97 Å². The van der Waals surface area contributed by atoms with Crippen LogP contribution in [0.25, 0.3) is 109 Å². The summed E-state index contributed by atoms with van der Waals surface area (Å²) in [7, 11) is 0. The van der Waals surface area contributed by atoms with Crippen molar-refractivity contribution in [3.8, 4) is 45.5 Å². The van der Waals surface area contributed by atoms with Crippen LogP contribution in [0.4, 0.5) is 0 Å². The molecule has 0 aliphatic heterocycles. The molecule has 0 aliphatic carbocycles. The zero-order chi connectivity index (χ0) is 37.5. The Morgan fingerprint density at radius 1 is 0.316 bits per heavy atom. The van der Waals surface area contributed by atoms with Gasteiger partial charge in [-0.05, 0) is 59.7 Å². The average Bonchev–Trinajstić information content (AvgIpc) is 3.93. The second-order valence-corrected chi connectivity index (χ2v) is 15.5. The first kappa shape index (κ1) is 31.9. The van der Waals surface area contributed by atoms with Crippen molar-refractivity contribution >= 4 is 75.1 Å². The molecule has 8 aromatic carbocycles. The van der Waals surface area contributed by atoms with E-state index < -0.39 is 0 Å². The third-order valence-electron chi connectivity index (χ3n) is 11.2. The summed E-state index contributed by atoms with van der Waals surface area (Å²) in [5, 5.41) is 7.28. The Kier molecular flexibility index (Phi) is 7.03. The molecule has 0 N–H and O–H groups in total. The van der Waals surface area contributed by atoms with E-state index in [9.17, 15) is 0 Å². The molecule has 6 heteroatoms. The van der Waals surface area contributed by atoms with Gasteiger partial charge in [0.2, 0.25) is 5.95 Å². The van der Waals surface area contributed by atoms with Gasteiger partial charge in [-0.15, -0.1) is 11.3 Å². The minimum absolute atomic E-state index is 0.574. The summed E-state index contributed by atoms with van der Waals surface area (Å²) in [4.78, 5) is 15.6.